The highest BCUT2D eigenvalue weighted by Gasteiger charge is 2.27. The first kappa shape index (κ1) is 11.9. The molecule has 5 nitrogen and oxygen atoms in total. The van der Waals surface area contributed by atoms with Gasteiger partial charge in [0, 0.05) is 31.6 Å². The molecular weight excluding hydrogens is 244 g/mol. The zero-order chi connectivity index (χ0) is 13.2. The fraction of sp³-hybridized carbons (Fsp3) is 0.286. The maximum absolute atomic E-state index is 11.1. The molecule has 0 aliphatic carbocycles. The Kier molecular flexibility index (Phi) is 3.05. The Morgan fingerprint density at radius 3 is 2.89 bits per heavy atom. The average Bonchev–Trinajstić information content (AvgIpc) is 2.83. The second-order valence-electron chi connectivity index (χ2n) is 4.68. The minimum Gasteiger partial charge on any atom is -0.476 e. The minimum atomic E-state index is -1.02. The second kappa shape index (κ2) is 4.85. The number of benzene rings is 1. The van der Waals surface area contributed by atoms with Crippen molar-refractivity contribution in [2.45, 2.75) is 19.5 Å². The van der Waals surface area contributed by atoms with Crippen LogP contribution in [0.4, 0.5) is 0 Å². The minimum absolute atomic E-state index is 0.0489. The zero-order valence-corrected chi connectivity index (χ0v) is 10.4. The normalized spacial score (nSPS) is 15.2. The highest BCUT2D eigenvalue weighted by molar-refractivity contribution is 5.87. The SMILES string of the molecule is O=C(O)c1noc2c1CN(Cc1ccccc1)CC2. The van der Waals surface area contributed by atoms with Gasteiger partial charge in [-0.1, -0.05) is 35.5 Å². The Morgan fingerprint density at radius 1 is 1.37 bits per heavy atom. The van der Waals surface area contributed by atoms with Crippen molar-refractivity contribution in [2.75, 3.05) is 6.54 Å². The summed E-state index contributed by atoms with van der Waals surface area (Å²) in [6.45, 7) is 2.25. The number of hydrogen-bond acceptors (Lipinski definition) is 4. The van der Waals surface area contributed by atoms with Gasteiger partial charge in [-0.3, -0.25) is 4.90 Å². The molecule has 5 heteroatoms. The molecule has 1 aliphatic rings. The molecule has 19 heavy (non-hydrogen) atoms. The lowest BCUT2D eigenvalue weighted by atomic mass is 10.1. The van der Waals surface area contributed by atoms with E-state index >= 15 is 0 Å². The van der Waals surface area contributed by atoms with Gasteiger partial charge in [0.05, 0.1) is 0 Å². The molecule has 1 aliphatic heterocycles. The summed E-state index contributed by atoms with van der Waals surface area (Å²) in [7, 11) is 0. The molecule has 1 aromatic carbocycles. The summed E-state index contributed by atoms with van der Waals surface area (Å²) in [6.07, 6.45) is 0.711. The Bertz CT molecular complexity index is 592. The molecule has 98 valence electrons. The van der Waals surface area contributed by atoms with Crippen LogP contribution in [0, 0.1) is 0 Å². The van der Waals surface area contributed by atoms with Gasteiger partial charge in [0.25, 0.3) is 0 Å². The van der Waals surface area contributed by atoms with Crippen LogP contribution < -0.4 is 0 Å². The molecule has 0 saturated carbocycles. The van der Waals surface area contributed by atoms with E-state index in [-0.39, 0.29) is 5.69 Å². The predicted molar refractivity (Wildman–Crippen MR) is 67.7 cm³/mol. The number of hydrogen-bond donors (Lipinski definition) is 1. The van der Waals surface area contributed by atoms with E-state index < -0.39 is 5.97 Å². The van der Waals surface area contributed by atoms with Gasteiger partial charge < -0.3 is 9.63 Å². The van der Waals surface area contributed by atoms with E-state index in [0.29, 0.717) is 18.7 Å². The van der Waals surface area contributed by atoms with Crippen molar-refractivity contribution < 1.29 is 14.4 Å². The third-order valence-corrected chi connectivity index (χ3v) is 3.36. The first-order chi connectivity index (χ1) is 9.24. The van der Waals surface area contributed by atoms with Gasteiger partial charge in [0.2, 0.25) is 0 Å². The quantitative estimate of drug-likeness (QED) is 0.911. The van der Waals surface area contributed by atoms with Crippen LogP contribution in [-0.4, -0.2) is 27.7 Å². The molecule has 0 fully saturated rings. The number of carboxylic acid groups (broad SMARTS) is 1. The summed E-state index contributed by atoms with van der Waals surface area (Å²) >= 11 is 0. The second-order valence-corrected chi connectivity index (χ2v) is 4.68. The molecule has 0 unspecified atom stereocenters. The predicted octanol–water partition coefficient (Wildman–Crippen LogP) is 1.93. The van der Waals surface area contributed by atoms with Crippen molar-refractivity contribution in [3.8, 4) is 0 Å². The van der Waals surface area contributed by atoms with E-state index in [0.717, 1.165) is 18.7 Å². The van der Waals surface area contributed by atoms with Gasteiger partial charge in [0.15, 0.2) is 5.69 Å². The van der Waals surface area contributed by atoms with E-state index in [1.165, 1.54) is 5.56 Å². The summed E-state index contributed by atoms with van der Waals surface area (Å²) < 4.78 is 5.09. The summed E-state index contributed by atoms with van der Waals surface area (Å²) in [5, 5.41) is 12.7. The van der Waals surface area contributed by atoms with Gasteiger partial charge in [-0.2, -0.15) is 0 Å². The molecule has 0 radical (unpaired) electrons. The molecule has 0 spiro atoms. The van der Waals surface area contributed by atoms with E-state index in [1.54, 1.807) is 0 Å². The third kappa shape index (κ3) is 2.37. The van der Waals surface area contributed by atoms with E-state index in [4.69, 9.17) is 9.63 Å². The van der Waals surface area contributed by atoms with Crippen LogP contribution in [0.25, 0.3) is 0 Å². The molecule has 0 amide bonds. The lowest BCUT2D eigenvalue weighted by molar-refractivity contribution is 0.0683. The van der Waals surface area contributed by atoms with Crippen LogP contribution in [0.5, 0.6) is 0 Å². The lowest BCUT2D eigenvalue weighted by Gasteiger charge is -2.25. The van der Waals surface area contributed by atoms with Crippen LogP contribution in [0.2, 0.25) is 0 Å². The number of fused-ring (bicyclic) bond motifs is 1. The standard InChI is InChI=1S/C14H14N2O3/c17-14(18)13-11-9-16(7-6-12(11)19-15-13)8-10-4-2-1-3-5-10/h1-5H,6-9H2,(H,17,18). The highest BCUT2D eigenvalue weighted by atomic mass is 16.5. The first-order valence-electron chi connectivity index (χ1n) is 6.21. The van der Waals surface area contributed by atoms with Crippen molar-refractivity contribution in [3.05, 3.63) is 52.9 Å². The van der Waals surface area contributed by atoms with Crippen molar-refractivity contribution in [1.29, 1.82) is 0 Å². The van der Waals surface area contributed by atoms with Crippen LogP contribution in [0.3, 0.4) is 0 Å². The van der Waals surface area contributed by atoms with Crippen LogP contribution >= 0.6 is 0 Å². The van der Waals surface area contributed by atoms with E-state index in [1.807, 2.05) is 18.2 Å². The summed E-state index contributed by atoms with van der Waals surface area (Å²) in [6, 6.07) is 10.1. The Hall–Kier alpha value is -2.14. The van der Waals surface area contributed by atoms with Crippen LogP contribution in [-0.2, 0) is 19.5 Å². The smallest absolute Gasteiger partial charge is 0.358 e. The average molecular weight is 258 g/mol. The van der Waals surface area contributed by atoms with Gasteiger partial charge in [-0.25, -0.2) is 4.79 Å². The topological polar surface area (TPSA) is 66.6 Å². The van der Waals surface area contributed by atoms with Gasteiger partial charge in [-0.05, 0) is 5.56 Å². The van der Waals surface area contributed by atoms with Crippen molar-refractivity contribution >= 4 is 5.97 Å². The van der Waals surface area contributed by atoms with Crippen LogP contribution in [0.15, 0.2) is 34.9 Å². The summed E-state index contributed by atoms with van der Waals surface area (Å²) in [4.78, 5) is 13.3. The fourth-order valence-corrected chi connectivity index (χ4v) is 2.41. The van der Waals surface area contributed by atoms with E-state index in [9.17, 15) is 4.79 Å². The third-order valence-electron chi connectivity index (χ3n) is 3.36. The number of aromatic nitrogens is 1. The Labute approximate surface area is 110 Å². The van der Waals surface area contributed by atoms with Crippen molar-refractivity contribution in [3.63, 3.8) is 0 Å². The van der Waals surface area contributed by atoms with Gasteiger partial charge in [0.1, 0.15) is 5.76 Å². The number of rotatable bonds is 3. The lowest BCUT2D eigenvalue weighted by Crippen LogP contribution is -2.30. The molecule has 3 rings (SSSR count). The molecule has 2 aromatic rings. The van der Waals surface area contributed by atoms with Crippen molar-refractivity contribution in [1.82, 2.24) is 10.1 Å². The van der Waals surface area contributed by atoms with E-state index in [2.05, 4.69) is 22.2 Å². The zero-order valence-electron chi connectivity index (χ0n) is 10.4. The number of aromatic carboxylic acids is 1. The molecule has 0 saturated heterocycles. The molecule has 1 aromatic heterocycles. The number of nitrogens with zero attached hydrogens (tertiary/aromatic N) is 2. The summed E-state index contributed by atoms with van der Waals surface area (Å²) in [5.74, 6) is -0.312. The maximum atomic E-state index is 11.1. The van der Waals surface area contributed by atoms with Gasteiger partial charge >= 0.3 is 5.97 Å². The first-order valence-corrected chi connectivity index (χ1v) is 6.21. The number of carboxylic acids is 1. The van der Waals surface area contributed by atoms with Gasteiger partial charge in [-0.15, -0.1) is 0 Å². The molecule has 1 N–H and O–H groups in total. The highest BCUT2D eigenvalue weighted by Crippen LogP contribution is 2.23. The maximum Gasteiger partial charge on any atom is 0.358 e. The summed E-state index contributed by atoms with van der Waals surface area (Å²) in [5.41, 5.74) is 1.99. The molecule has 2 heterocycles. The van der Waals surface area contributed by atoms with Crippen LogP contribution in [0.1, 0.15) is 27.4 Å². The monoisotopic (exact) mass is 258 g/mol. The molecular formula is C14H14N2O3. The Morgan fingerprint density at radius 2 is 2.16 bits per heavy atom. The largest absolute Gasteiger partial charge is 0.476 e. The Balaban J connectivity index is 1.78. The number of carbonyl (C=O) groups is 1. The van der Waals surface area contributed by atoms with Crippen molar-refractivity contribution in [2.24, 2.45) is 0 Å². The molecule has 0 atom stereocenters. The fourth-order valence-electron chi connectivity index (χ4n) is 2.41. The molecule has 0 bridgehead atoms.